The number of benzene rings is 2. The zero-order valence-electron chi connectivity index (χ0n) is 20.3. The highest BCUT2D eigenvalue weighted by Crippen LogP contribution is 2.23. The molecule has 0 bridgehead atoms. The third-order valence-electron chi connectivity index (χ3n) is 5.41. The number of anilines is 1. The Morgan fingerprint density at radius 1 is 1.11 bits per heavy atom. The summed E-state index contributed by atoms with van der Waals surface area (Å²) in [6.07, 6.45) is 4.54. The van der Waals surface area contributed by atoms with Crippen LogP contribution >= 0.6 is 0 Å². The number of hydrogen-bond acceptors (Lipinski definition) is 5. The number of aromatic nitrogens is 2. The molecule has 0 aliphatic heterocycles. The molecule has 1 N–H and O–H groups in total. The van der Waals surface area contributed by atoms with Crippen LogP contribution in [0.25, 0.3) is 6.08 Å². The Kier molecular flexibility index (Phi) is 8.76. The number of rotatable bonds is 10. The summed E-state index contributed by atoms with van der Waals surface area (Å²) >= 11 is 0. The Morgan fingerprint density at radius 2 is 1.78 bits per heavy atom. The second-order valence-corrected chi connectivity index (χ2v) is 10.0. The fourth-order valence-electron chi connectivity index (χ4n) is 3.64. The Morgan fingerprint density at radius 3 is 2.36 bits per heavy atom. The van der Waals surface area contributed by atoms with Gasteiger partial charge in [-0.3, -0.25) is 14.3 Å². The van der Waals surface area contributed by atoms with E-state index in [1.165, 1.54) is 35.2 Å². The smallest absolute Gasteiger partial charge is 0.257 e. The monoisotopic (exact) mass is 512 g/mol. The van der Waals surface area contributed by atoms with E-state index in [1.54, 1.807) is 61.3 Å². The van der Waals surface area contributed by atoms with Crippen molar-refractivity contribution in [2.45, 2.75) is 39.8 Å². The maximum Gasteiger partial charge on any atom is 0.257 e. The Hall–Kier alpha value is -3.79. The fourth-order valence-corrected chi connectivity index (χ4v) is 4.47. The summed E-state index contributed by atoms with van der Waals surface area (Å²) in [6, 6.07) is 13.7. The number of amides is 2. The van der Waals surface area contributed by atoms with E-state index in [9.17, 15) is 22.4 Å². The molecule has 3 rings (SSSR count). The predicted octanol–water partition coefficient (Wildman–Crippen LogP) is 3.76. The van der Waals surface area contributed by atoms with Gasteiger partial charge in [-0.15, -0.1) is 0 Å². The van der Waals surface area contributed by atoms with E-state index < -0.39 is 33.6 Å². The van der Waals surface area contributed by atoms with Crippen LogP contribution in [0.3, 0.4) is 0 Å². The van der Waals surface area contributed by atoms with E-state index in [0.717, 1.165) is 5.41 Å². The molecule has 1 heterocycles. The van der Waals surface area contributed by atoms with Crippen molar-refractivity contribution in [3.8, 4) is 0 Å². The summed E-state index contributed by atoms with van der Waals surface area (Å²) in [5.74, 6) is -3.41. The van der Waals surface area contributed by atoms with Gasteiger partial charge in [0.15, 0.2) is 0 Å². The van der Waals surface area contributed by atoms with Gasteiger partial charge in [-0.25, -0.2) is 17.5 Å². The first-order chi connectivity index (χ1) is 17.1. The SMILES string of the molecule is CCn1cc(CC(C(=O)NS(=O)(=O)/C=C/c2ccccc2)C(=O)N(c2ccc(F)cc2)C(C)C)cn1. The summed E-state index contributed by atoms with van der Waals surface area (Å²) < 4.78 is 42.5. The second-order valence-electron chi connectivity index (χ2n) is 8.46. The molecule has 0 spiro atoms. The maximum absolute atomic E-state index is 13.7. The summed E-state index contributed by atoms with van der Waals surface area (Å²) in [4.78, 5) is 28.3. The van der Waals surface area contributed by atoms with Crippen molar-refractivity contribution >= 4 is 33.6 Å². The number of carbonyl (C=O) groups excluding carboxylic acids is 2. The minimum atomic E-state index is -4.19. The van der Waals surface area contributed by atoms with E-state index in [4.69, 9.17) is 0 Å². The van der Waals surface area contributed by atoms with Crippen LogP contribution in [-0.2, 0) is 32.6 Å². The number of nitrogens with zero attached hydrogens (tertiary/aromatic N) is 3. The molecular weight excluding hydrogens is 483 g/mol. The molecule has 0 saturated heterocycles. The lowest BCUT2D eigenvalue weighted by Gasteiger charge is -2.30. The van der Waals surface area contributed by atoms with Crippen LogP contribution in [0.15, 0.2) is 72.4 Å². The Bertz CT molecular complexity index is 1320. The van der Waals surface area contributed by atoms with Crippen molar-refractivity contribution in [3.05, 3.63) is 89.3 Å². The average molecular weight is 513 g/mol. The van der Waals surface area contributed by atoms with Gasteiger partial charge in [0.1, 0.15) is 11.7 Å². The molecule has 0 aliphatic carbocycles. The number of aryl methyl sites for hydroxylation is 1. The summed E-state index contributed by atoms with van der Waals surface area (Å²) in [5, 5.41) is 5.07. The highest BCUT2D eigenvalue weighted by atomic mass is 32.2. The van der Waals surface area contributed by atoms with Crippen molar-refractivity contribution in [1.82, 2.24) is 14.5 Å². The molecule has 0 fully saturated rings. The summed E-state index contributed by atoms with van der Waals surface area (Å²) in [6.45, 7) is 6.00. The van der Waals surface area contributed by atoms with Crippen molar-refractivity contribution < 1.29 is 22.4 Å². The number of sulfonamides is 1. The van der Waals surface area contributed by atoms with Gasteiger partial charge in [-0.05, 0) is 68.7 Å². The number of hydrogen-bond donors (Lipinski definition) is 1. The number of halogens is 1. The van der Waals surface area contributed by atoms with E-state index in [1.807, 2.05) is 11.6 Å². The molecule has 1 unspecified atom stereocenters. The van der Waals surface area contributed by atoms with Crippen molar-refractivity contribution in [1.29, 1.82) is 0 Å². The molecule has 10 heteroatoms. The lowest BCUT2D eigenvalue weighted by atomic mass is 9.98. The van der Waals surface area contributed by atoms with Crippen LogP contribution in [0.1, 0.15) is 31.9 Å². The molecule has 2 aromatic carbocycles. The summed E-state index contributed by atoms with van der Waals surface area (Å²) in [7, 11) is -4.19. The van der Waals surface area contributed by atoms with Crippen LogP contribution in [0.2, 0.25) is 0 Å². The Balaban J connectivity index is 1.91. The average Bonchev–Trinajstić information content (AvgIpc) is 3.30. The first kappa shape index (κ1) is 26.8. The standard InChI is InChI=1S/C26H29FN4O4S/c1-4-30-18-21(17-28-30)16-24(26(33)31(19(2)3)23-12-10-22(27)11-13-23)25(32)29-36(34,35)15-14-20-8-6-5-7-9-20/h5-15,17-19,24H,4,16H2,1-3H3,(H,29,32)/b15-14+. The first-order valence-electron chi connectivity index (χ1n) is 11.5. The van der Waals surface area contributed by atoms with Gasteiger partial charge in [0.2, 0.25) is 11.8 Å². The third-order valence-corrected chi connectivity index (χ3v) is 6.39. The molecule has 3 aromatic rings. The quantitative estimate of drug-likeness (QED) is 0.417. The van der Waals surface area contributed by atoms with Gasteiger partial charge in [-0.1, -0.05) is 30.3 Å². The van der Waals surface area contributed by atoms with Crippen molar-refractivity contribution in [3.63, 3.8) is 0 Å². The van der Waals surface area contributed by atoms with Gasteiger partial charge in [0.25, 0.3) is 10.0 Å². The van der Waals surface area contributed by atoms with Crippen LogP contribution in [0.5, 0.6) is 0 Å². The minimum absolute atomic E-state index is 0.0625. The van der Waals surface area contributed by atoms with E-state index in [0.29, 0.717) is 23.4 Å². The molecule has 36 heavy (non-hydrogen) atoms. The highest BCUT2D eigenvalue weighted by molar-refractivity contribution is 7.93. The van der Waals surface area contributed by atoms with Gasteiger partial charge in [-0.2, -0.15) is 5.10 Å². The van der Waals surface area contributed by atoms with Crippen LogP contribution < -0.4 is 9.62 Å². The first-order valence-corrected chi connectivity index (χ1v) is 13.0. The lowest BCUT2D eigenvalue weighted by Crippen LogP contribution is -2.48. The number of carbonyl (C=O) groups is 2. The molecule has 0 aliphatic rings. The second kappa shape index (κ2) is 11.8. The maximum atomic E-state index is 13.7. The largest absolute Gasteiger partial charge is 0.309 e. The topological polar surface area (TPSA) is 101 Å². The minimum Gasteiger partial charge on any atom is -0.309 e. The summed E-state index contributed by atoms with van der Waals surface area (Å²) in [5.41, 5.74) is 1.63. The molecule has 0 radical (unpaired) electrons. The van der Waals surface area contributed by atoms with E-state index >= 15 is 0 Å². The molecular formula is C26H29FN4O4S. The highest BCUT2D eigenvalue weighted by Gasteiger charge is 2.35. The Labute approximate surface area is 210 Å². The van der Waals surface area contributed by atoms with Gasteiger partial charge in [0.05, 0.1) is 11.6 Å². The van der Waals surface area contributed by atoms with Crippen LogP contribution in [-0.4, -0.2) is 36.1 Å². The van der Waals surface area contributed by atoms with Crippen molar-refractivity contribution in [2.75, 3.05) is 4.90 Å². The van der Waals surface area contributed by atoms with Crippen LogP contribution in [0.4, 0.5) is 10.1 Å². The van der Waals surface area contributed by atoms with Gasteiger partial charge >= 0.3 is 0 Å². The van der Waals surface area contributed by atoms with Crippen LogP contribution in [0, 0.1) is 11.7 Å². The van der Waals surface area contributed by atoms with E-state index in [-0.39, 0.29) is 12.5 Å². The molecule has 190 valence electrons. The molecule has 0 saturated carbocycles. The third kappa shape index (κ3) is 7.11. The molecule has 2 amide bonds. The van der Waals surface area contributed by atoms with Gasteiger partial charge < -0.3 is 4.90 Å². The van der Waals surface area contributed by atoms with E-state index in [2.05, 4.69) is 5.10 Å². The fraction of sp³-hybridized carbons (Fsp3) is 0.269. The molecule has 8 nitrogen and oxygen atoms in total. The zero-order chi connectivity index (χ0) is 26.3. The molecule has 1 aromatic heterocycles. The normalized spacial score (nSPS) is 12.6. The zero-order valence-corrected chi connectivity index (χ0v) is 21.2. The van der Waals surface area contributed by atoms with Gasteiger partial charge in [0, 0.05) is 24.5 Å². The molecule has 1 atom stereocenters. The number of nitrogens with one attached hydrogen (secondary N) is 1. The van der Waals surface area contributed by atoms with Crippen molar-refractivity contribution in [2.24, 2.45) is 5.92 Å². The lowest BCUT2D eigenvalue weighted by molar-refractivity contribution is -0.132. The predicted molar refractivity (Wildman–Crippen MR) is 137 cm³/mol.